The maximum absolute atomic E-state index is 11.9. The lowest BCUT2D eigenvalue weighted by molar-refractivity contribution is 0.0955. The number of amides is 1. The van der Waals surface area contributed by atoms with Gasteiger partial charge in [-0.1, -0.05) is 29.7 Å². The third kappa shape index (κ3) is 6.19. The Hall–Kier alpha value is -2.19. The maximum Gasteiger partial charge on any atom is 0.252 e. The largest absolute Gasteiger partial charge is 0.357 e. The van der Waals surface area contributed by atoms with Crippen LogP contribution in [0.15, 0.2) is 29.3 Å². The second-order valence-corrected chi connectivity index (χ2v) is 4.46. The van der Waals surface area contributed by atoms with E-state index in [1.54, 1.807) is 24.3 Å². The Kier molecular flexibility index (Phi) is 7.77. The van der Waals surface area contributed by atoms with Crippen LogP contribution in [-0.2, 0) is 0 Å². The van der Waals surface area contributed by atoms with Crippen molar-refractivity contribution in [3.63, 3.8) is 0 Å². The van der Waals surface area contributed by atoms with Crippen LogP contribution < -0.4 is 16.0 Å². The van der Waals surface area contributed by atoms with Crippen LogP contribution in [0.5, 0.6) is 0 Å². The van der Waals surface area contributed by atoms with Crippen molar-refractivity contribution in [3.05, 3.63) is 34.9 Å². The van der Waals surface area contributed by atoms with E-state index in [1.807, 2.05) is 6.92 Å². The summed E-state index contributed by atoms with van der Waals surface area (Å²) in [4.78, 5) is 16.2. The van der Waals surface area contributed by atoms with E-state index in [-0.39, 0.29) is 5.91 Å². The highest BCUT2D eigenvalue weighted by Gasteiger charge is 2.08. The second kappa shape index (κ2) is 9.67. The standard InChI is InChI=1S/C15H19ClN4O/c1-3-9-19-15(17-4-2)20-11-10-18-14(21)12-7-5-6-8-13(12)16/h1,5-8H,4,9-11H2,2H3,(H,18,21)(H2,17,19,20). The molecule has 0 bridgehead atoms. The number of hydrogen-bond acceptors (Lipinski definition) is 2. The van der Waals surface area contributed by atoms with Crippen LogP contribution >= 0.6 is 11.6 Å². The number of terminal acetylenes is 1. The summed E-state index contributed by atoms with van der Waals surface area (Å²) in [6.07, 6.45) is 5.18. The third-order valence-electron chi connectivity index (χ3n) is 2.49. The van der Waals surface area contributed by atoms with Crippen LogP contribution in [0.2, 0.25) is 5.02 Å². The molecule has 0 saturated carbocycles. The number of nitrogens with one attached hydrogen (secondary N) is 3. The molecule has 1 aromatic rings. The Labute approximate surface area is 130 Å². The van der Waals surface area contributed by atoms with Gasteiger partial charge in [0, 0.05) is 13.1 Å². The van der Waals surface area contributed by atoms with E-state index in [9.17, 15) is 4.79 Å². The minimum atomic E-state index is -0.211. The Bertz CT molecular complexity index is 537. The molecule has 0 radical (unpaired) electrons. The first-order valence-corrected chi connectivity index (χ1v) is 7.05. The SMILES string of the molecule is C#CCNC(=NCCNC(=O)c1ccccc1Cl)NCC. The van der Waals surface area contributed by atoms with Crippen molar-refractivity contribution in [2.24, 2.45) is 4.99 Å². The summed E-state index contributed by atoms with van der Waals surface area (Å²) in [7, 11) is 0. The lowest BCUT2D eigenvalue weighted by Gasteiger charge is -2.09. The van der Waals surface area contributed by atoms with E-state index in [4.69, 9.17) is 18.0 Å². The Morgan fingerprint density at radius 2 is 2.10 bits per heavy atom. The summed E-state index contributed by atoms with van der Waals surface area (Å²) in [5, 5.41) is 9.22. The van der Waals surface area contributed by atoms with Gasteiger partial charge in [0.1, 0.15) is 0 Å². The molecule has 0 heterocycles. The molecule has 0 aromatic heterocycles. The fourth-order valence-electron chi connectivity index (χ4n) is 1.55. The van der Waals surface area contributed by atoms with Gasteiger partial charge in [-0.25, -0.2) is 0 Å². The average molecular weight is 307 g/mol. The van der Waals surface area contributed by atoms with Gasteiger partial charge in [0.2, 0.25) is 0 Å². The number of nitrogens with zero attached hydrogens (tertiary/aromatic N) is 1. The predicted molar refractivity (Wildman–Crippen MR) is 86.6 cm³/mol. The predicted octanol–water partition coefficient (Wildman–Crippen LogP) is 1.26. The molecule has 0 atom stereocenters. The zero-order chi connectivity index (χ0) is 15.5. The summed E-state index contributed by atoms with van der Waals surface area (Å²) >= 11 is 5.95. The molecule has 0 aliphatic rings. The maximum atomic E-state index is 11.9. The Morgan fingerprint density at radius 1 is 1.33 bits per heavy atom. The van der Waals surface area contributed by atoms with Gasteiger partial charge >= 0.3 is 0 Å². The highest BCUT2D eigenvalue weighted by Crippen LogP contribution is 2.14. The van der Waals surface area contributed by atoms with E-state index >= 15 is 0 Å². The molecular weight excluding hydrogens is 288 g/mol. The van der Waals surface area contributed by atoms with Crippen molar-refractivity contribution in [2.45, 2.75) is 6.92 Å². The quantitative estimate of drug-likeness (QED) is 0.321. The molecule has 0 saturated heterocycles. The Balaban J connectivity index is 2.43. The van der Waals surface area contributed by atoms with Crippen LogP contribution in [0.1, 0.15) is 17.3 Å². The smallest absolute Gasteiger partial charge is 0.252 e. The number of rotatable bonds is 6. The van der Waals surface area contributed by atoms with Gasteiger partial charge in [-0.2, -0.15) is 0 Å². The highest BCUT2D eigenvalue weighted by atomic mass is 35.5. The molecule has 21 heavy (non-hydrogen) atoms. The number of halogens is 1. The van der Waals surface area contributed by atoms with E-state index in [1.165, 1.54) is 0 Å². The molecule has 1 aromatic carbocycles. The van der Waals surface area contributed by atoms with Crippen molar-refractivity contribution in [1.82, 2.24) is 16.0 Å². The number of guanidine groups is 1. The minimum absolute atomic E-state index is 0.211. The molecule has 0 spiro atoms. The lowest BCUT2D eigenvalue weighted by Crippen LogP contribution is -2.38. The van der Waals surface area contributed by atoms with E-state index in [0.29, 0.717) is 36.2 Å². The van der Waals surface area contributed by atoms with Gasteiger partial charge in [-0.3, -0.25) is 9.79 Å². The van der Waals surface area contributed by atoms with E-state index in [2.05, 4.69) is 26.9 Å². The molecule has 0 aliphatic heterocycles. The molecule has 112 valence electrons. The van der Waals surface area contributed by atoms with Crippen molar-refractivity contribution in [2.75, 3.05) is 26.2 Å². The molecule has 0 aliphatic carbocycles. The summed E-state index contributed by atoms with van der Waals surface area (Å²) < 4.78 is 0. The second-order valence-electron chi connectivity index (χ2n) is 4.05. The van der Waals surface area contributed by atoms with Crippen molar-refractivity contribution in [3.8, 4) is 12.3 Å². The van der Waals surface area contributed by atoms with Gasteiger partial charge in [-0.05, 0) is 19.1 Å². The minimum Gasteiger partial charge on any atom is -0.357 e. The molecule has 6 heteroatoms. The summed E-state index contributed by atoms with van der Waals surface area (Å²) in [5.41, 5.74) is 0.459. The van der Waals surface area contributed by atoms with E-state index in [0.717, 1.165) is 6.54 Å². The summed E-state index contributed by atoms with van der Waals surface area (Å²) in [6, 6.07) is 6.91. The molecule has 0 fully saturated rings. The first-order valence-electron chi connectivity index (χ1n) is 6.67. The van der Waals surface area contributed by atoms with Crippen LogP contribution in [0.4, 0.5) is 0 Å². The first-order chi connectivity index (χ1) is 10.2. The third-order valence-corrected chi connectivity index (χ3v) is 2.82. The van der Waals surface area contributed by atoms with Gasteiger partial charge in [0.15, 0.2) is 5.96 Å². The van der Waals surface area contributed by atoms with E-state index < -0.39 is 0 Å². The summed E-state index contributed by atoms with van der Waals surface area (Å²) in [5.74, 6) is 2.89. The van der Waals surface area contributed by atoms with Crippen LogP contribution in [-0.4, -0.2) is 38.0 Å². The normalized spacial score (nSPS) is 10.6. The molecule has 1 rings (SSSR count). The van der Waals surface area contributed by atoms with Crippen molar-refractivity contribution < 1.29 is 4.79 Å². The van der Waals surface area contributed by atoms with Crippen molar-refractivity contribution >= 4 is 23.5 Å². The molecule has 1 amide bonds. The highest BCUT2D eigenvalue weighted by molar-refractivity contribution is 6.33. The molecule has 5 nitrogen and oxygen atoms in total. The van der Waals surface area contributed by atoms with Gasteiger partial charge < -0.3 is 16.0 Å². The average Bonchev–Trinajstić information content (AvgIpc) is 2.49. The van der Waals surface area contributed by atoms with Gasteiger partial charge in [-0.15, -0.1) is 6.42 Å². The number of benzene rings is 1. The molecule has 0 unspecified atom stereocenters. The zero-order valence-electron chi connectivity index (χ0n) is 11.9. The van der Waals surface area contributed by atoms with Crippen LogP contribution in [0.3, 0.4) is 0 Å². The zero-order valence-corrected chi connectivity index (χ0v) is 12.7. The number of carbonyl (C=O) groups is 1. The monoisotopic (exact) mass is 306 g/mol. The van der Waals surface area contributed by atoms with Gasteiger partial charge in [0.05, 0.1) is 23.7 Å². The van der Waals surface area contributed by atoms with Crippen LogP contribution in [0, 0.1) is 12.3 Å². The fraction of sp³-hybridized carbons (Fsp3) is 0.333. The van der Waals surface area contributed by atoms with Crippen molar-refractivity contribution in [1.29, 1.82) is 0 Å². The Morgan fingerprint density at radius 3 is 2.76 bits per heavy atom. The summed E-state index contributed by atoms with van der Waals surface area (Å²) in [6.45, 7) is 3.96. The fourth-order valence-corrected chi connectivity index (χ4v) is 1.78. The topological polar surface area (TPSA) is 65.5 Å². The van der Waals surface area contributed by atoms with Gasteiger partial charge in [0.25, 0.3) is 5.91 Å². The lowest BCUT2D eigenvalue weighted by atomic mass is 10.2. The number of hydrogen-bond donors (Lipinski definition) is 3. The number of carbonyl (C=O) groups excluding carboxylic acids is 1. The molecule has 3 N–H and O–H groups in total. The number of aliphatic imine (C=N–C) groups is 1. The molecular formula is C15H19ClN4O. The first kappa shape index (κ1) is 16.9. The van der Waals surface area contributed by atoms with Crippen LogP contribution in [0.25, 0.3) is 0 Å².